The Bertz CT molecular complexity index is 490. The average molecular weight is 302 g/mol. The third-order valence-corrected chi connectivity index (χ3v) is 3.36. The lowest BCUT2D eigenvalue weighted by atomic mass is 9.80. The predicted octanol–water partition coefficient (Wildman–Crippen LogP) is 2.93. The number of halogens is 1. The highest BCUT2D eigenvalue weighted by molar-refractivity contribution is 5.85. The first kappa shape index (κ1) is 16.4. The maximum atomic E-state index is 11.5. The van der Waals surface area contributed by atoms with Crippen molar-refractivity contribution in [3.63, 3.8) is 0 Å². The second-order valence-corrected chi connectivity index (χ2v) is 5.22. The molecular formula is C14H20ClNO4. The fraction of sp³-hybridized carbons (Fsp3) is 0.500. The van der Waals surface area contributed by atoms with Gasteiger partial charge in [0.1, 0.15) is 6.61 Å². The van der Waals surface area contributed by atoms with Gasteiger partial charge in [0.25, 0.3) is 0 Å². The normalized spacial score (nSPS) is 20.2. The Balaban J connectivity index is 0.00000200. The van der Waals surface area contributed by atoms with Crippen molar-refractivity contribution in [3.8, 4) is 11.5 Å². The minimum atomic E-state index is -0.408. The van der Waals surface area contributed by atoms with E-state index in [1.807, 2.05) is 32.0 Å². The number of methoxy groups -OCH3 is 2. The van der Waals surface area contributed by atoms with Crippen molar-refractivity contribution < 1.29 is 19.0 Å². The van der Waals surface area contributed by atoms with E-state index in [0.717, 1.165) is 5.56 Å². The first-order valence-electron chi connectivity index (χ1n) is 6.14. The van der Waals surface area contributed by atoms with Crippen molar-refractivity contribution in [2.24, 2.45) is 5.41 Å². The lowest BCUT2D eigenvalue weighted by Gasteiger charge is -2.39. The van der Waals surface area contributed by atoms with Gasteiger partial charge < -0.3 is 19.5 Å². The van der Waals surface area contributed by atoms with E-state index in [0.29, 0.717) is 18.1 Å². The van der Waals surface area contributed by atoms with Crippen molar-refractivity contribution in [1.29, 1.82) is 0 Å². The summed E-state index contributed by atoms with van der Waals surface area (Å²) in [5.74, 6) is 1.29. The molecule has 0 spiro atoms. The molecule has 1 aliphatic rings. The molecule has 0 aliphatic carbocycles. The number of carbonyl (C=O) groups is 1. The van der Waals surface area contributed by atoms with Crippen molar-refractivity contribution in [1.82, 2.24) is 5.32 Å². The summed E-state index contributed by atoms with van der Waals surface area (Å²) in [6, 6.07) is 5.46. The first-order chi connectivity index (χ1) is 8.99. The van der Waals surface area contributed by atoms with Gasteiger partial charge in [-0.05, 0) is 6.07 Å². The number of amides is 1. The topological polar surface area (TPSA) is 56.8 Å². The second-order valence-electron chi connectivity index (χ2n) is 5.22. The molecule has 1 fully saturated rings. The van der Waals surface area contributed by atoms with Crippen LogP contribution in [-0.4, -0.2) is 26.9 Å². The lowest BCUT2D eigenvalue weighted by Crippen LogP contribution is -2.47. The SMILES string of the molecule is COc1cccc([C@@H]2NC(=O)OCC2(C)C)c1OC.Cl. The largest absolute Gasteiger partial charge is 0.493 e. The van der Waals surface area contributed by atoms with Gasteiger partial charge >= 0.3 is 6.09 Å². The van der Waals surface area contributed by atoms with E-state index in [9.17, 15) is 4.79 Å². The van der Waals surface area contributed by atoms with Gasteiger partial charge in [-0.15, -0.1) is 12.4 Å². The van der Waals surface area contributed by atoms with Crippen molar-refractivity contribution in [2.45, 2.75) is 19.9 Å². The molecule has 1 heterocycles. The number of rotatable bonds is 3. The number of carbonyl (C=O) groups excluding carboxylic acids is 1. The summed E-state index contributed by atoms with van der Waals surface area (Å²) in [7, 11) is 3.19. The number of hydrogen-bond acceptors (Lipinski definition) is 4. The van der Waals surface area contributed by atoms with Crippen LogP contribution >= 0.6 is 12.4 Å². The van der Waals surface area contributed by atoms with Gasteiger partial charge in [-0.3, -0.25) is 0 Å². The fourth-order valence-electron chi connectivity index (χ4n) is 2.33. The minimum absolute atomic E-state index is 0. The van der Waals surface area contributed by atoms with Crippen LogP contribution in [-0.2, 0) is 4.74 Å². The molecule has 0 saturated carbocycles. The zero-order valence-corrected chi connectivity index (χ0v) is 12.9. The molecule has 1 aromatic rings. The summed E-state index contributed by atoms with van der Waals surface area (Å²) in [6.45, 7) is 4.44. The number of nitrogens with one attached hydrogen (secondary N) is 1. The molecule has 2 rings (SSSR count). The maximum absolute atomic E-state index is 11.5. The zero-order chi connectivity index (χ0) is 14.0. The molecule has 1 aromatic carbocycles. The number of cyclic esters (lactones) is 1. The maximum Gasteiger partial charge on any atom is 0.407 e. The van der Waals surface area contributed by atoms with Crippen LogP contribution in [0, 0.1) is 5.41 Å². The molecule has 1 aliphatic heterocycles. The summed E-state index contributed by atoms with van der Waals surface area (Å²) in [6.07, 6.45) is -0.408. The molecule has 1 amide bonds. The molecule has 20 heavy (non-hydrogen) atoms. The van der Waals surface area contributed by atoms with Gasteiger partial charge in [0, 0.05) is 11.0 Å². The van der Waals surface area contributed by atoms with Gasteiger partial charge in [0.15, 0.2) is 11.5 Å². The van der Waals surface area contributed by atoms with Gasteiger partial charge in [-0.25, -0.2) is 4.79 Å². The average Bonchev–Trinajstić information content (AvgIpc) is 2.40. The van der Waals surface area contributed by atoms with E-state index < -0.39 is 6.09 Å². The highest BCUT2D eigenvalue weighted by Gasteiger charge is 2.39. The quantitative estimate of drug-likeness (QED) is 0.932. The summed E-state index contributed by atoms with van der Waals surface area (Å²) < 4.78 is 15.8. The molecule has 0 radical (unpaired) electrons. The van der Waals surface area contributed by atoms with E-state index in [1.165, 1.54) is 0 Å². The zero-order valence-electron chi connectivity index (χ0n) is 12.1. The molecule has 112 valence electrons. The Hall–Kier alpha value is -1.62. The predicted molar refractivity (Wildman–Crippen MR) is 77.8 cm³/mol. The number of benzene rings is 1. The summed E-state index contributed by atoms with van der Waals surface area (Å²) in [5, 5.41) is 2.85. The molecule has 0 unspecified atom stereocenters. The van der Waals surface area contributed by atoms with Gasteiger partial charge in [0.05, 0.1) is 20.3 Å². The number of alkyl carbamates (subject to hydrolysis) is 1. The van der Waals surface area contributed by atoms with Crippen LogP contribution in [0.25, 0.3) is 0 Å². The number of hydrogen-bond donors (Lipinski definition) is 1. The van der Waals surface area contributed by atoms with Crippen LogP contribution in [0.3, 0.4) is 0 Å². The Morgan fingerprint density at radius 2 is 2.00 bits per heavy atom. The second kappa shape index (κ2) is 6.22. The first-order valence-corrected chi connectivity index (χ1v) is 6.14. The summed E-state index contributed by atoms with van der Waals surface area (Å²) >= 11 is 0. The van der Waals surface area contributed by atoms with E-state index in [4.69, 9.17) is 14.2 Å². The lowest BCUT2D eigenvalue weighted by molar-refractivity contribution is 0.0380. The van der Waals surface area contributed by atoms with Crippen LogP contribution in [0.5, 0.6) is 11.5 Å². The Kier molecular flexibility index (Phi) is 5.11. The third kappa shape index (κ3) is 2.93. The van der Waals surface area contributed by atoms with Crippen LogP contribution < -0.4 is 14.8 Å². The number of ether oxygens (including phenoxy) is 3. The Morgan fingerprint density at radius 1 is 1.30 bits per heavy atom. The minimum Gasteiger partial charge on any atom is -0.493 e. The van der Waals surface area contributed by atoms with Crippen LogP contribution in [0.1, 0.15) is 25.5 Å². The van der Waals surface area contributed by atoms with E-state index >= 15 is 0 Å². The molecule has 5 nitrogen and oxygen atoms in total. The van der Waals surface area contributed by atoms with Gasteiger partial charge in [0.2, 0.25) is 0 Å². The van der Waals surface area contributed by atoms with Crippen molar-refractivity contribution >= 4 is 18.5 Å². The molecule has 1 atom stereocenters. The van der Waals surface area contributed by atoms with Crippen LogP contribution in [0.4, 0.5) is 4.79 Å². The molecule has 0 bridgehead atoms. The van der Waals surface area contributed by atoms with Gasteiger partial charge in [-0.1, -0.05) is 26.0 Å². The van der Waals surface area contributed by atoms with Crippen molar-refractivity contribution in [3.05, 3.63) is 23.8 Å². The fourth-order valence-corrected chi connectivity index (χ4v) is 2.33. The number of para-hydroxylation sites is 1. The van der Waals surface area contributed by atoms with Crippen molar-refractivity contribution in [2.75, 3.05) is 20.8 Å². The van der Waals surface area contributed by atoms with Crippen LogP contribution in [0.2, 0.25) is 0 Å². The molecular weight excluding hydrogens is 282 g/mol. The third-order valence-electron chi connectivity index (χ3n) is 3.36. The highest BCUT2D eigenvalue weighted by atomic mass is 35.5. The Labute approximate surface area is 125 Å². The summed E-state index contributed by atoms with van der Waals surface area (Å²) in [5.41, 5.74) is 0.664. The van der Waals surface area contributed by atoms with E-state index in [1.54, 1.807) is 14.2 Å². The molecule has 1 N–H and O–H groups in total. The molecule has 0 aromatic heterocycles. The van der Waals surface area contributed by atoms with Gasteiger partial charge in [-0.2, -0.15) is 0 Å². The smallest absolute Gasteiger partial charge is 0.407 e. The highest BCUT2D eigenvalue weighted by Crippen LogP contribution is 2.43. The van der Waals surface area contributed by atoms with Crippen LogP contribution in [0.15, 0.2) is 18.2 Å². The molecule has 6 heteroatoms. The monoisotopic (exact) mass is 301 g/mol. The standard InChI is InChI=1S/C14H19NO4.ClH/c1-14(2)8-19-13(16)15-12(14)9-6-5-7-10(17-3)11(9)18-4;/h5-7,12H,8H2,1-4H3,(H,15,16);1H/t12-;/m0./s1. The Morgan fingerprint density at radius 3 is 2.60 bits per heavy atom. The van der Waals surface area contributed by atoms with E-state index in [-0.39, 0.29) is 23.9 Å². The molecule has 1 saturated heterocycles. The van der Waals surface area contributed by atoms with E-state index in [2.05, 4.69) is 5.32 Å². The summed E-state index contributed by atoms with van der Waals surface area (Å²) in [4.78, 5) is 11.5.